The lowest BCUT2D eigenvalue weighted by Gasteiger charge is -2.04. The quantitative estimate of drug-likeness (QED) is 0.237. The topological polar surface area (TPSA) is 7.45 Å². The fourth-order valence-corrected chi connectivity index (χ4v) is 2.27. The molecule has 0 radical (unpaired) electrons. The SMILES string of the molecule is CCCCC[N+]1=C(F)[NH+](CCCCC)CC1.[I-]. The molecule has 1 unspecified atom stereocenters. The predicted molar refractivity (Wildman–Crippen MR) is 65.9 cm³/mol. The van der Waals surface area contributed by atoms with Gasteiger partial charge in [-0.15, -0.1) is 4.58 Å². The summed E-state index contributed by atoms with van der Waals surface area (Å²) in [5.41, 5.74) is 0. The first kappa shape index (κ1) is 17.3. The van der Waals surface area contributed by atoms with E-state index in [0.29, 0.717) is 0 Å². The highest BCUT2D eigenvalue weighted by atomic mass is 127. The van der Waals surface area contributed by atoms with Crippen molar-refractivity contribution in [1.29, 1.82) is 0 Å². The number of amidine groups is 1. The second-order valence-electron chi connectivity index (χ2n) is 4.80. The summed E-state index contributed by atoms with van der Waals surface area (Å²) in [7, 11) is 0. The van der Waals surface area contributed by atoms with E-state index in [4.69, 9.17) is 0 Å². The smallest absolute Gasteiger partial charge is 0.535 e. The largest absolute Gasteiger partial charge is 1.00 e. The van der Waals surface area contributed by atoms with E-state index in [2.05, 4.69) is 13.8 Å². The van der Waals surface area contributed by atoms with Crippen molar-refractivity contribution < 1.29 is 37.8 Å². The molecule has 0 fully saturated rings. The van der Waals surface area contributed by atoms with Gasteiger partial charge in [0.15, 0.2) is 13.1 Å². The molecule has 0 bridgehead atoms. The van der Waals surface area contributed by atoms with E-state index in [1.807, 2.05) is 4.58 Å². The number of quaternary nitrogens is 1. The zero-order chi connectivity index (χ0) is 11.8. The Balaban J connectivity index is 0.00000256. The molecule has 2 nitrogen and oxygen atoms in total. The van der Waals surface area contributed by atoms with Crippen molar-refractivity contribution in [3.63, 3.8) is 0 Å². The average molecular weight is 357 g/mol. The number of hydrogen-bond acceptors (Lipinski definition) is 0. The minimum absolute atomic E-state index is 0. The maximum absolute atomic E-state index is 13.9. The molecule has 0 aromatic rings. The molecular weight excluding hydrogens is 330 g/mol. The Bertz CT molecular complexity index is 231. The summed E-state index contributed by atoms with van der Waals surface area (Å²) >= 11 is 0. The van der Waals surface area contributed by atoms with Crippen LogP contribution in [0.15, 0.2) is 0 Å². The minimum Gasteiger partial charge on any atom is -1.00 e. The Morgan fingerprint density at radius 2 is 1.76 bits per heavy atom. The number of rotatable bonds is 8. The Kier molecular flexibility index (Phi) is 10.4. The van der Waals surface area contributed by atoms with Crippen LogP contribution >= 0.6 is 0 Å². The Hall–Kier alpha value is 0.290. The average Bonchev–Trinajstić information content (AvgIpc) is 2.62. The first-order chi connectivity index (χ1) is 7.79. The van der Waals surface area contributed by atoms with E-state index in [0.717, 1.165) is 43.9 Å². The van der Waals surface area contributed by atoms with Crippen molar-refractivity contribution in [2.75, 3.05) is 26.2 Å². The van der Waals surface area contributed by atoms with Crippen LogP contribution in [0.5, 0.6) is 0 Å². The minimum atomic E-state index is 0. The van der Waals surface area contributed by atoms with Gasteiger partial charge in [-0.2, -0.15) is 0 Å². The van der Waals surface area contributed by atoms with Gasteiger partial charge in [0.05, 0.1) is 6.54 Å². The summed E-state index contributed by atoms with van der Waals surface area (Å²) in [6, 6.07) is 0. The van der Waals surface area contributed by atoms with Gasteiger partial charge in [0.25, 0.3) is 0 Å². The molecule has 1 N–H and O–H groups in total. The zero-order valence-corrected chi connectivity index (χ0v) is 13.4. The zero-order valence-electron chi connectivity index (χ0n) is 11.3. The first-order valence-corrected chi connectivity index (χ1v) is 6.92. The summed E-state index contributed by atoms with van der Waals surface area (Å²) in [5, 5.41) is 0. The van der Waals surface area contributed by atoms with Crippen LogP contribution in [0, 0.1) is 0 Å². The fraction of sp³-hybridized carbons (Fsp3) is 0.923. The van der Waals surface area contributed by atoms with Crippen LogP contribution in [0.25, 0.3) is 0 Å². The monoisotopic (exact) mass is 357 g/mol. The van der Waals surface area contributed by atoms with E-state index >= 15 is 0 Å². The number of nitrogens with zero attached hydrogens (tertiary/aromatic N) is 1. The van der Waals surface area contributed by atoms with Gasteiger partial charge < -0.3 is 24.0 Å². The van der Waals surface area contributed by atoms with Crippen molar-refractivity contribution in [3.8, 4) is 0 Å². The summed E-state index contributed by atoms with van der Waals surface area (Å²) < 4.78 is 15.9. The van der Waals surface area contributed by atoms with Gasteiger partial charge in [0.2, 0.25) is 0 Å². The lowest BCUT2D eigenvalue weighted by molar-refractivity contribution is -0.809. The molecule has 0 spiro atoms. The van der Waals surface area contributed by atoms with Crippen LogP contribution in [0.1, 0.15) is 52.4 Å². The molecule has 1 rings (SSSR count). The molecule has 0 aromatic carbocycles. The third-order valence-electron chi connectivity index (χ3n) is 3.37. The molecule has 0 saturated heterocycles. The molecule has 4 heteroatoms. The highest BCUT2D eigenvalue weighted by Crippen LogP contribution is 1.96. The predicted octanol–water partition coefficient (Wildman–Crippen LogP) is -1.39. The number of nitrogens with one attached hydrogen (secondary N) is 1. The molecule has 0 aliphatic carbocycles. The summed E-state index contributed by atoms with van der Waals surface area (Å²) in [6.07, 6.45) is 7.26. The normalized spacial score (nSPS) is 19.6. The van der Waals surface area contributed by atoms with E-state index in [9.17, 15) is 4.39 Å². The van der Waals surface area contributed by atoms with E-state index in [1.165, 1.54) is 25.7 Å². The van der Waals surface area contributed by atoms with Crippen LogP contribution in [0.3, 0.4) is 0 Å². The first-order valence-electron chi connectivity index (χ1n) is 6.92. The number of unbranched alkanes of at least 4 members (excludes halogenated alkanes) is 4. The Morgan fingerprint density at radius 3 is 2.41 bits per heavy atom. The molecule has 1 aliphatic rings. The maximum Gasteiger partial charge on any atom is 0.535 e. The highest BCUT2D eigenvalue weighted by Gasteiger charge is 2.34. The fourth-order valence-electron chi connectivity index (χ4n) is 2.27. The second kappa shape index (κ2) is 10.2. The molecule has 1 aliphatic heterocycles. The van der Waals surface area contributed by atoms with Crippen molar-refractivity contribution in [2.45, 2.75) is 52.4 Å². The van der Waals surface area contributed by atoms with Crippen LogP contribution in [0.2, 0.25) is 0 Å². The molecule has 1 atom stereocenters. The van der Waals surface area contributed by atoms with Gasteiger partial charge in [-0.25, -0.2) is 4.90 Å². The Labute approximate surface area is 122 Å². The summed E-state index contributed by atoms with van der Waals surface area (Å²) in [5.74, 6) is 0. The highest BCUT2D eigenvalue weighted by molar-refractivity contribution is 5.57. The Morgan fingerprint density at radius 1 is 1.12 bits per heavy atom. The second-order valence-corrected chi connectivity index (χ2v) is 4.80. The van der Waals surface area contributed by atoms with E-state index in [1.54, 1.807) is 0 Å². The van der Waals surface area contributed by atoms with Crippen molar-refractivity contribution in [3.05, 3.63) is 0 Å². The van der Waals surface area contributed by atoms with Gasteiger partial charge in [-0.05, 0) is 19.3 Å². The van der Waals surface area contributed by atoms with Gasteiger partial charge >= 0.3 is 6.09 Å². The van der Waals surface area contributed by atoms with Gasteiger partial charge in [-0.3, -0.25) is 0 Å². The van der Waals surface area contributed by atoms with Crippen molar-refractivity contribution in [2.24, 2.45) is 0 Å². The van der Waals surface area contributed by atoms with Gasteiger partial charge in [0, 0.05) is 6.42 Å². The molecule has 17 heavy (non-hydrogen) atoms. The molecular formula is C13H27FIN2+. The number of halogens is 2. The van der Waals surface area contributed by atoms with Crippen molar-refractivity contribution in [1.82, 2.24) is 0 Å². The maximum atomic E-state index is 13.9. The summed E-state index contributed by atoms with van der Waals surface area (Å²) in [4.78, 5) is 1.07. The molecule has 0 amide bonds. The molecule has 0 aromatic heterocycles. The van der Waals surface area contributed by atoms with E-state index in [-0.39, 0.29) is 30.1 Å². The number of hydrogen-bond donors (Lipinski definition) is 1. The van der Waals surface area contributed by atoms with Crippen LogP contribution in [-0.4, -0.2) is 36.8 Å². The van der Waals surface area contributed by atoms with Crippen LogP contribution in [-0.2, 0) is 0 Å². The molecule has 1 heterocycles. The van der Waals surface area contributed by atoms with Crippen molar-refractivity contribution >= 4 is 6.09 Å². The standard InChI is InChI=1S/C13H26FN2.HI/c1-3-5-7-9-15-11-12-16(13(15)14)10-8-6-4-2;/h3-12H2,1-2H3;1H/q+1;. The van der Waals surface area contributed by atoms with E-state index < -0.39 is 0 Å². The molecule has 0 saturated carbocycles. The third-order valence-corrected chi connectivity index (χ3v) is 3.37. The summed E-state index contributed by atoms with van der Waals surface area (Å²) in [6.45, 7) is 8.14. The van der Waals surface area contributed by atoms with Gasteiger partial charge in [0.1, 0.15) is 6.54 Å². The lowest BCUT2D eigenvalue weighted by Crippen LogP contribution is -3.13. The lowest BCUT2D eigenvalue weighted by atomic mass is 10.2. The third kappa shape index (κ3) is 6.13. The van der Waals surface area contributed by atoms with Gasteiger partial charge in [-0.1, -0.05) is 31.1 Å². The van der Waals surface area contributed by atoms with Crippen LogP contribution < -0.4 is 28.9 Å². The van der Waals surface area contributed by atoms with Crippen LogP contribution in [0.4, 0.5) is 4.39 Å². The molecule has 102 valence electrons.